The molecule has 1 aromatic carbocycles. The summed E-state index contributed by atoms with van der Waals surface area (Å²) in [7, 11) is 0. The summed E-state index contributed by atoms with van der Waals surface area (Å²) in [6, 6.07) is 4.40. The van der Waals surface area contributed by atoms with Gasteiger partial charge in [-0.25, -0.2) is 9.18 Å². The fourth-order valence-electron chi connectivity index (χ4n) is 2.99. The summed E-state index contributed by atoms with van der Waals surface area (Å²) in [5, 5.41) is 2.89. The predicted molar refractivity (Wildman–Crippen MR) is 85.6 cm³/mol. The molecule has 5 heteroatoms. The number of anilines is 1. The van der Waals surface area contributed by atoms with Crippen molar-refractivity contribution in [1.29, 1.82) is 0 Å². The van der Waals surface area contributed by atoms with Crippen LogP contribution in [0.1, 0.15) is 39.2 Å². The number of amides is 2. The summed E-state index contributed by atoms with van der Waals surface area (Å²) in [5.74, 6) is -0.297. The Hall–Kier alpha value is -1.62. The number of ether oxygens (including phenoxy) is 1. The van der Waals surface area contributed by atoms with Gasteiger partial charge in [-0.1, -0.05) is 0 Å². The van der Waals surface area contributed by atoms with Crippen LogP contribution in [-0.2, 0) is 4.74 Å². The molecule has 1 fully saturated rings. The van der Waals surface area contributed by atoms with E-state index in [0.29, 0.717) is 18.8 Å². The van der Waals surface area contributed by atoms with Crippen molar-refractivity contribution in [3.8, 4) is 0 Å². The van der Waals surface area contributed by atoms with Gasteiger partial charge in [0.15, 0.2) is 0 Å². The van der Waals surface area contributed by atoms with Crippen LogP contribution >= 0.6 is 0 Å². The lowest BCUT2D eigenvalue weighted by Crippen LogP contribution is -2.49. The number of carbonyl (C=O) groups excluding carboxylic acids is 1. The largest absolute Gasteiger partial charge is 0.375 e. The quantitative estimate of drug-likeness (QED) is 0.918. The number of benzene rings is 1. The Labute approximate surface area is 131 Å². The van der Waals surface area contributed by atoms with Gasteiger partial charge in [-0.05, 0) is 64.3 Å². The van der Waals surface area contributed by atoms with Gasteiger partial charge in [-0.2, -0.15) is 0 Å². The predicted octanol–water partition coefficient (Wildman–Crippen LogP) is 3.95. The van der Waals surface area contributed by atoms with E-state index >= 15 is 0 Å². The van der Waals surface area contributed by atoms with Gasteiger partial charge in [0.05, 0.1) is 5.60 Å². The van der Waals surface area contributed by atoms with E-state index in [-0.39, 0.29) is 23.5 Å². The van der Waals surface area contributed by atoms with Crippen LogP contribution in [0.25, 0.3) is 0 Å². The third kappa shape index (κ3) is 3.97. The maximum Gasteiger partial charge on any atom is 0.322 e. The number of urea groups is 1. The van der Waals surface area contributed by atoms with Gasteiger partial charge < -0.3 is 15.0 Å². The van der Waals surface area contributed by atoms with E-state index in [0.717, 1.165) is 18.4 Å². The van der Waals surface area contributed by atoms with E-state index in [1.54, 1.807) is 13.0 Å². The average molecular weight is 308 g/mol. The molecular weight excluding hydrogens is 283 g/mol. The molecule has 22 heavy (non-hydrogen) atoms. The van der Waals surface area contributed by atoms with Crippen LogP contribution in [0.4, 0.5) is 14.9 Å². The normalized spacial score (nSPS) is 20.5. The molecule has 0 aromatic heterocycles. The zero-order valence-corrected chi connectivity index (χ0v) is 13.8. The maximum atomic E-state index is 13.1. The highest BCUT2D eigenvalue weighted by atomic mass is 19.1. The van der Waals surface area contributed by atoms with Gasteiger partial charge in [0.1, 0.15) is 5.82 Å². The molecule has 1 aliphatic heterocycles. The molecule has 1 heterocycles. The molecule has 0 unspecified atom stereocenters. The molecule has 4 nitrogen and oxygen atoms in total. The van der Waals surface area contributed by atoms with E-state index < -0.39 is 0 Å². The van der Waals surface area contributed by atoms with Crippen LogP contribution in [0.15, 0.2) is 18.2 Å². The second kappa shape index (κ2) is 6.65. The molecule has 1 aliphatic rings. The molecule has 122 valence electrons. The molecule has 2 amide bonds. The minimum absolute atomic E-state index is 0.139. The third-order valence-electron chi connectivity index (χ3n) is 4.14. The van der Waals surface area contributed by atoms with Crippen LogP contribution in [-0.4, -0.2) is 35.7 Å². The second-order valence-electron chi connectivity index (χ2n) is 6.43. The smallest absolute Gasteiger partial charge is 0.322 e. The standard InChI is InChI=1S/C17H25FN2O2/c1-5-20(14-8-9-22-17(3,4)11-14)16(21)19-15-7-6-13(18)10-12(15)2/h6-7,10,14H,5,8-9,11H2,1-4H3,(H,19,21)/t14-/m1/s1. The molecule has 2 rings (SSSR count). The molecule has 0 radical (unpaired) electrons. The lowest BCUT2D eigenvalue weighted by Gasteiger charge is -2.40. The second-order valence-corrected chi connectivity index (χ2v) is 6.43. The molecule has 0 aliphatic carbocycles. The summed E-state index contributed by atoms with van der Waals surface area (Å²) in [4.78, 5) is 14.4. The Bertz CT molecular complexity index is 545. The summed E-state index contributed by atoms with van der Waals surface area (Å²) in [6.07, 6.45) is 1.66. The number of hydrogen-bond acceptors (Lipinski definition) is 2. The van der Waals surface area contributed by atoms with Crippen molar-refractivity contribution in [3.05, 3.63) is 29.6 Å². The van der Waals surface area contributed by atoms with Crippen LogP contribution in [0, 0.1) is 12.7 Å². The van der Waals surface area contributed by atoms with Crippen molar-refractivity contribution in [2.45, 2.75) is 52.2 Å². The average Bonchev–Trinajstić information content (AvgIpc) is 2.42. The Morgan fingerprint density at radius 3 is 2.82 bits per heavy atom. The molecule has 0 saturated carbocycles. The van der Waals surface area contributed by atoms with E-state index in [9.17, 15) is 9.18 Å². The van der Waals surface area contributed by atoms with Crippen molar-refractivity contribution >= 4 is 11.7 Å². The number of hydrogen-bond donors (Lipinski definition) is 1. The Balaban J connectivity index is 2.08. The first kappa shape index (κ1) is 16.7. The van der Waals surface area contributed by atoms with Gasteiger partial charge in [-0.3, -0.25) is 0 Å². The fraction of sp³-hybridized carbons (Fsp3) is 0.588. The van der Waals surface area contributed by atoms with E-state index in [2.05, 4.69) is 19.2 Å². The molecule has 0 spiro atoms. The van der Waals surface area contributed by atoms with E-state index in [4.69, 9.17) is 4.74 Å². The van der Waals surface area contributed by atoms with E-state index in [1.165, 1.54) is 12.1 Å². The Kier molecular flexibility index (Phi) is 5.06. The number of halogens is 1. The highest BCUT2D eigenvalue weighted by Crippen LogP contribution is 2.28. The van der Waals surface area contributed by atoms with Crippen LogP contribution in [0.3, 0.4) is 0 Å². The lowest BCUT2D eigenvalue weighted by atomic mass is 9.93. The SMILES string of the molecule is CCN(C(=O)Nc1ccc(F)cc1C)[C@@H]1CCOC(C)(C)C1. The van der Waals surface area contributed by atoms with Gasteiger partial charge in [0, 0.05) is 24.9 Å². The highest BCUT2D eigenvalue weighted by molar-refractivity contribution is 5.90. The first-order valence-corrected chi connectivity index (χ1v) is 7.80. The summed E-state index contributed by atoms with van der Waals surface area (Å²) in [5.41, 5.74) is 1.16. The van der Waals surface area contributed by atoms with Gasteiger partial charge in [-0.15, -0.1) is 0 Å². The first-order valence-electron chi connectivity index (χ1n) is 7.80. The number of nitrogens with zero attached hydrogens (tertiary/aromatic N) is 1. The first-order chi connectivity index (χ1) is 10.3. The lowest BCUT2D eigenvalue weighted by molar-refractivity contribution is -0.0758. The number of carbonyl (C=O) groups is 1. The van der Waals surface area contributed by atoms with Crippen molar-refractivity contribution in [1.82, 2.24) is 4.90 Å². The summed E-state index contributed by atoms with van der Waals surface area (Å²) >= 11 is 0. The third-order valence-corrected chi connectivity index (χ3v) is 4.14. The monoisotopic (exact) mass is 308 g/mol. The molecule has 1 saturated heterocycles. The minimum Gasteiger partial charge on any atom is -0.375 e. The fourth-order valence-corrected chi connectivity index (χ4v) is 2.99. The van der Waals surface area contributed by atoms with Crippen molar-refractivity contribution < 1.29 is 13.9 Å². The van der Waals surface area contributed by atoms with Gasteiger partial charge in [0.2, 0.25) is 0 Å². The zero-order chi connectivity index (χ0) is 16.3. The van der Waals surface area contributed by atoms with E-state index in [1.807, 2.05) is 11.8 Å². The molecule has 1 N–H and O–H groups in total. The molecule has 0 bridgehead atoms. The molecule has 1 atom stereocenters. The minimum atomic E-state index is -0.297. The van der Waals surface area contributed by atoms with Gasteiger partial charge >= 0.3 is 6.03 Å². The Morgan fingerprint density at radius 2 is 2.23 bits per heavy atom. The van der Waals surface area contributed by atoms with Crippen molar-refractivity contribution in [2.24, 2.45) is 0 Å². The molecule has 1 aromatic rings. The van der Waals surface area contributed by atoms with Crippen molar-refractivity contribution in [3.63, 3.8) is 0 Å². The van der Waals surface area contributed by atoms with Crippen molar-refractivity contribution in [2.75, 3.05) is 18.5 Å². The number of aryl methyl sites for hydroxylation is 1. The highest BCUT2D eigenvalue weighted by Gasteiger charge is 2.33. The summed E-state index contributed by atoms with van der Waals surface area (Å²) < 4.78 is 18.9. The van der Waals surface area contributed by atoms with Crippen LogP contribution in [0.5, 0.6) is 0 Å². The van der Waals surface area contributed by atoms with Crippen LogP contribution < -0.4 is 5.32 Å². The number of rotatable bonds is 3. The topological polar surface area (TPSA) is 41.6 Å². The maximum absolute atomic E-state index is 13.1. The zero-order valence-electron chi connectivity index (χ0n) is 13.8. The molecular formula is C17H25FN2O2. The van der Waals surface area contributed by atoms with Crippen LogP contribution in [0.2, 0.25) is 0 Å². The number of nitrogens with one attached hydrogen (secondary N) is 1. The van der Waals surface area contributed by atoms with Gasteiger partial charge in [0.25, 0.3) is 0 Å². The Morgan fingerprint density at radius 1 is 1.50 bits per heavy atom. The summed E-state index contributed by atoms with van der Waals surface area (Å²) in [6.45, 7) is 9.15.